The Hall–Kier alpha value is -0.0800. The predicted octanol–water partition coefficient (Wildman–Crippen LogP) is 1.68. The summed E-state index contributed by atoms with van der Waals surface area (Å²) in [4.78, 5) is 0. The molecule has 0 aromatic heterocycles. The van der Waals surface area contributed by atoms with Crippen LogP contribution in [0.4, 0.5) is 0 Å². The molecule has 0 amide bonds. The van der Waals surface area contributed by atoms with E-state index in [0.29, 0.717) is 12.1 Å². The number of epoxide rings is 1. The van der Waals surface area contributed by atoms with Crippen LogP contribution in [0.25, 0.3) is 0 Å². The van der Waals surface area contributed by atoms with Gasteiger partial charge in [0, 0.05) is 6.04 Å². The molecule has 0 spiro atoms. The standard InChI is InChI=1S/C6H13N.C3H6O/c7-6-4-2-1-3-5-6;1-3-2-4-3/h6H,1-5,7H2;3H,2H2,1H3. The second-order valence-electron chi connectivity index (χ2n) is 3.54. The van der Waals surface area contributed by atoms with Gasteiger partial charge in [-0.25, -0.2) is 0 Å². The molecule has 1 aliphatic carbocycles. The second-order valence-corrected chi connectivity index (χ2v) is 3.54. The Labute approximate surface area is 69.1 Å². The lowest BCUT2D eigenvalue weighted by Crippen LogP contribution is -2.22. The fourth-order valence-corrected chi connectivity index (χ4v) is 1.23. The van der Waals surface area contributed by atoms with Crippen molar-refractivity contribution in [3.63, 3.8) is 0 Å². The molecule has 1 atom stereocenters. The molecule has 0 bridgehead atoms. The van der Waals surface area contributed by atoms with Crippen molar-refractivity contribution in [3.8, 4) is 0 Å². The number of hydrogen-bond donors (Lipinski definition) is 1. The van der Waals surface area contributed by atoms with Crippen LogP contribution >= 0.6 is 0 Å². The van der Waals surface area contributed by atoms with Crippen molar-refractivity contribution in [1.29, 1.82) is 0 Å². The molecule has 2 nitrogen and oxygen atoms in total. The van der Waals surface area contributed by atoms with E-state index in [0.717, 1.165) is 6.61 Å². The van der Waals surface area contributed by atoms with E-state index in [1.165, 1.54) is 32.1 Å². The van der Waals surface area contributed by atoms with Crippen LogP contribution in [0.5, 0.6) is 0 Å². The van der Waals surface area contributed by atoms with Gasteiger partial charge >= 0.3 is 0 Å². The zero-order chi connectivity index (χ0) is 8.10. The first kappa shape index (κ1) is 9.01. The van der Waals surface area contributed by atoms with Crippen LogP contribution in [0.15, 0.2) is 0 Å². The van der Waals surface area contributed by atoms with Gasteiger partial charge in [-0.2, -0.15) is 0 Å². The van der Waals surface area contributed by atoms with Crippen LogP contribution in [0.1, 0.15) is 39.0 Å². The van der Waals surface area contributed by atoms with E-state index in [4.69, 9.17) is 10.5 Å². The first-order chi connectivity index (χ1) is 5.29. The van der Waals surface area contributed by atoms with Gasteiger partial charge in [0.15, 0.2) is 0 Å². The normalized spacial score (nSPS) is 30.5. The first-order valence-electron chi connectivity index (χ1n) is 4.66. The van der Waals surface area contributed by atoms with Crippen LogP contribution in [-0.4, -0.2) is 18.8 Å². The molecule has 0 aromatic rings. The lowest BCUT2D eigenvalue weighted by atomic mass is 9.97. The maximum Gasteiger partial charge on any atom is 0.0781 e. The largest absolute Gasteiger partial charge is 0.373 e. The molecule has 2 N–H and O–H groups in total. The minimum Gasteiger partial charge on any atom is -0.373 e. The zero-order valence-electron chi connectivity index (χ0n) is 7.38. The van der Waals surface area contributed by atoms with Gasteiger partial charge in [-0.15, -0.1) is 0 Å². The quantitative estimate of drug-likeness (QED) is 0.543. The summed E-state index contributed by atoms with van der Waals surface area (Å²) in [7, 11) is 0. The molecular formula is C9H19NO. The third kappa shape index (κ3) is 5.22. The van der Waals surface area contributed by atoms with Gasteiger partial charge in [0.1, 0.15) is 0 Å². The molecule has 2 fully saturated rings. The molecule has 0 radical (unpaired) electrons. The highest BCUT2D eigenvalue weighted by atomic mass is 16.6. The van der Waals surface area contributed by atoms with Crippen LogP contribution in [0.2, 0.25) is 0 Å². The molecule has 1 saturated carbocycles. The number of rotatable bonds is 0. The van der Waals surface area contributed by atoms with Gasteiger partial charge in [0.05, 0.1) is 12.7 Å². The molecule has 66 valence electrons. The van der Waals surface area contributed by atoms with E-state index in [1.807, 2.05) is 0 Å². The fraction of sp³-hybridized carbons (Fsp3) is 1.00. The smallest absolute Gasteiger partial charge is 0.0781 e. The molecule has 1 unspecified atom stereocenters. The summed E-state index contributed by atoms with van der Waals surface area (Å²) in [5.41, 5.74) is 5.63. The van der Waals surface area contributed by atoms with E-state index in [-0.39, 0.29) is 0 Å². The molecule has 1 heterocycles. The number of hydrogen-bond acceptors (Lipinski definition) is 2. The van der Waals surface area contributed by atoms with Gasteiger partial charge in [-0.3, -0.25) is 0 Å². The lowest BCUT2D eigenvalue weighted by Gasteiger charge is -2.15. The topological polar surface area (TPSA) is 38.5 Å². The summed E-state index contributed by atoms with van der Waals surface area (Å²) in [6.45, 7) is 3.04. The summed E-state index contributed by atoms with van der Waals surface area (Å²) in [5.74, 6) is 0. The first-order valence-corrected chi connectivity index (χ1v) is 4.66. The minimum atomic E-state index is 0.536. The highest BCUT2D eigenvalue weighted by molar-refractivity contribution is 4.66. The van der Waals surface area contributed by atoms with Crippen molar-refractivity contribution < 1.29 is 4.74 Å². The van der Waals surface area contributed by atoms with Crippen molar-refractivity contribution in [2.75, 3.05) is 6.61 Å². The Morgan fingerprint density at radius 1 is 1.18 bits per heavy atom. The van der Waals surface area contributed by atoms with Crippen LogP contribution < -0.4 is 5.73 Å². The number of ether oxygens (including phenoxy) is 1. The van der Waals surface area contributed by atoms with Crippen molar-refractivity contribution in [2.24, 2.45) is 5.73 Å². The van der Waals surface area contributed by atoms with E-state index in [9.17, 15) is 0 Å². The Morgan fingerprint density at radius 2 is 1.64 bits per heavy atom. The van der Waals surface area contributed by atoms with Crippen molar-refractivity contribution in [3.05, 3.63) is 0 Å². The van der Waals surface area contributed by atoms with E-state index >= 15 is 0 Å². The highest BCUT2D eigenvalue weighted by Gasteiger charge is 2.13. The monoisotopic (exact) mass is 157 g/mol. The van der Waals surface area contributed by atoms with Gasteiger partial charge < -0.3 is 10.5 Å². The SMILES string of the molecule is CC1CO1.NC1CCCCC1. The van der Waals surface area contributed by atoms with Crippen LogP contribution in [0.3, 0.4) is 0 Å². The molecule has 0 aromatic carbocycles. The summed E-state index contributed by atoms with van der Waals surface area (Å²) in [6.07, 6.45) is 7.25. The third-order valence-corrected chi connectivity index (χ3v) is 2.15. The molecule has 1 aliphatic heterocycles. The van der Waals surface area contributed by atoms with Gasteiger partial charge in [-0.1, -0.05) is 19.3 Å². The summed E-state index contributed by atoms with van der Waals surface area (Å²) >= 11 is 0. The van der Waals surface area contributed by atoms with Crippen molar-refractivity contribution in [1.82, 2.24) is 0 Å². The third-order valence-electron chi connectivity index (χ3n) is 2.15. The molecule has 2 rings (SSSR count). The molecule has 2 aliphatic rings. The Morgan fingerprint density at radius 3 is 1.82 bits per heavy atom. The van der Waals surface area contributed by atoms with Gasteiger partial charge in [0.25, 0.3) is 0 Å². The fourth-order valence-electron chi connectivity index (χ4n) is 1.23. The van der Waals surface area contributed by atoms with Crippen LogP contribution in [0, 0.1) is 0 Å². The summed E-state index contributed by atoms with van der Waals surface area (Å²) < 4.78 is 4.71. The Kier molecular flexibility index (Phi) is 3.87. The van der Waals surface area contributed by atoms with E-state index < -0.39 is 0 Å². The zero-order valence-corrected chi connectivity index (χ0v) is 7.38. The average molecular weight is 157 g/mol. The van der Waals surface area contributed by atoms with E-state index in [2.05, 4.69) is 6.92 Å². The number of nitrogens with two attached hydrogens (primary N) is 1. The minimum absolute atomic E-state index is 0.536. The molecule has 1 saturated heterocycles. The predicted molar refractivity (Wildman–Crippen MR) is 46.5 cm³/mol. The van der Waals surface area contributed by atoms with E-state index in [1.54, 1.807) is 0 Å². The van der Waals surface area contributed by atoms with Crippen LogP contribution in [-0.2, 0) is 4.74 Å². The van der Waals surface area contributed by atoms with Gasteiger partial charge in [0.2, 0.25) is 0 Å². The molecular weight excluding hydrogens is 138 g/mol. The second kappa shape index (κ2) is 4.73. The molecule has 11 heavy (non-hydrogen) atoms. The Balaban J connectivity index is 0.000000128. The lowest BCUT2D eigenvalue weighted by molar-refractivity contribution is 0.423. The summed E-state index contributed by atoms with van der Waals surface area (Å²) in [5, 5.41) is 0. The van der Waals surface area contributed by atoms with Crippen molar-refractivity contribution >= 4 is 0 Å². The van der Waals surface area contributed by atoms with Crippen molar-refractivity contribution in [2.45, 2.75) is 51.2 Å². The van der Waals surface area contributed by atoms with Gasteiger partial charge in [-0.05, 0) is 19.8 Å². The molecule has 2 heteroatoms. The highest BCUT2D eigenvalue weighted by Crippen LogP contribution is 2.14. The maximum absolute atomic E-state index is 5.63. The maximum atomic E-state index is 5.63. The summed E-state index contributed by atoms with van der Waals surface area (Å²) in [6, 6.07) is 0.536. The average Bonchev–Trinajstić information content (AvgIpc) is 2.75. The Bertz CT molecular complexity index is 95.7.